The summed E-state index contributed by atoms with van der Waals surface area (Å²) in [7, 11) is 0. The van der Waals surface area contributed by atoms with E-state index in [2.05, 4.69) is 29.2 Å². The van der Waals surface area contributed by atoms with E-state index < -0.39 is 5.82 Å². The van der Waals surface area contributed by atoms with Gasteiger partial charge in [-0.05, 0) is 60.1 Å². The van der Waals surface area contributed by atoms with Gasteiger partial charge in [0.15, 0.2) is 5.78 Å². The van der Waals surface area contributed by atoms with Gasteiger partial charge in [-0.3, -0.25) is 9.78 Å². The fraction of sp³-hybridized carbons (Fsp3) is 0.321. The number of Topliss-reactive ketones (excluding diaryl/α,β-unsaturated/α-hetero) is 1. The zero-order valence-electron chi connectivity index (χ0n) is 18.7. The topological polar surface area (TPSA) is 59.5 Å². The maximum absolute atomic E-state index is 13.2. The van der Waals surface area contributed by atoms with Crippen molar-refractivity contribution in [2.45, 2.75) is 43.7 Å². The van der Waals surface area contributed by atoms with Gasteiger partial charge in [-0.2, -0.15) is 0 Å². The van der Waals surface area contributed by atoms with Crippen molar-refractivity contribution >= 4 is 11.9 Å². The molecule has 3 aliphatic rings. The minimum Gasteiger partial charge on any atom is -0.448 e. The van der Waals surface area contributed by atoms with Crippen LogP contribution in [0.15, 0.2) is 66.9 Å². The number of ketones is 1. The molecule has 2 fully saturated rings. The second-order valence-corrected chi connectivity index (χ2v) is 9.49. The molecule has 3 aromatic rings. The molecule has 1 aromatic heterocycles. The molecule has 0 N–H and O–H groups in total. The van der Waals surface area contributed by atoms with Gasteiger partial charge in [0.2, 0.25) is 0 Å². The summed E-state index contributed by atoms with van der Waals surface area (Å²) < 4.78 is 19.1. The molecule has 1 aliphatic carbocycles. The molecule has 2 atom stereocenters. The van der Waals surface area contributed by atoms with E-state index in [1.165, 1.54) is 34.4 Å². The molecule has 0 radical (unpaired) electrons. The van der Waals surface area contributed by atoms with Gasteiger partial charge < -0.3 is 9.64 Å². The van der Waals surface area contributed by atoms with E-state index in [-0.39, 0.29) is 35.8 Å². The molecule has 6 rings (SSSR count). The van der Waals surface area contributed by atoms with E-state index in [1.807, 2.05) is 29.2 Å². The number of hydrogen-bond acceptors (Lipinski definition) is 4. The summed E-state index contributed by atoms with van der Waals surface area (Å²) in [4.78, 5) is 31.9. The predicted octanol–water partition coefficient (Wildman–Crippen LogP) is 5.60. The second kappa shape index (κ2) is 8.35. The first-order valence-corrected chi connectivity index (χ1v) is 11.9. The van der Waals surface area contributed by atoms with Gasteiger partial charge in [0, 0.05) is 23.9 Å². The van der Waals surface area contributed by atoms with E-state index in [0.29, 0.717) is 25.1 Å². The Kier molecular flexibility index (Phi) is 5.16. The molecule has 2 unspecified atom stereocenters. The third kappa shape index (κ3) is 3.49. The highest BCUT2D eigenvalue weighted by Crippen LogP contribution is 2.45. The van der Waals surface area contributed by atoms with Crippen LogP contribution in [-0.2, 0) is 4.74 Å². The summed E-state index contributed by atoms with van der Waals surface area (Å²) >= 11 is 0. The smallest absolute Gasteiger partial charge is 0.410 e. The Bertz CT molecular complexity index is 1200. The molecule has 34 heavy (non-hydrogen) atoms. The molecule has 1 amide bonds. The zero-order valence-corrected chi connectivity index (χ0v) is 18.7. The Hall–Kier alpha value is -3.54. The minimum atomic E-state index is -0.457. The molecule has 3 heterocycles. The number of aromatic nitrogens is 1. The molecular formula is C28H25FN2O3. The molecule has 2 aliphatic heterocycles. The Morgan fingerprint density at radius 3 is 2.12 bits per heavy atom. The van der Waals surface area contributed by atoms with Gasteiger partial charge in [0.25, 0.3) is 0 Å². The highest BCUT2D eigenvalue weighted by molar-refractivity contribution is 5.96. The zero-order chi connectivity index (χ0) is 23.2. The lowest BCUT2D eigenvalue weighted by molar-refractivity contribution is 0.0504. The lowest BCUT2D eigenvalue weighted by Gasteiger charge is -2.37. The van der Waals surface area contributed by atoms with Crippen LogP contribution in [0.25, 0.3) is 11.1 Å². The summed E-state index contributed by atoms with van der Waals surface area (Å²) in [6.07, 6.45) is 3.72. The Balaban J connectivity index is 1.14. The van der Waals surface area contributed by atoms with Crippen molar-refractivity contribution in [3.05, 3.63) is 89.5 Å². The van der Waals surface area contributed by atoms with Crippen LogP contribution < -0.4 is 0 Å². The van der Waals surface area contributed by atoms with Crippen molar-refractivity contribution in [1.29, 1.82) is 0 Å². The number of fused-ring (bicyclic) bond motifs is 5. The summed E-state index contributed by atoms with van der Waals surface area (Å²) in [6.45, 7) is 0.296. The summed E-state index contributed by atoms with van der Waals surface area (Å²) in [5.74, 6) is -0.698. The fourth-order valence-corrected chi connectivity index (χ4v) is 6.09. The summed E-state index contributed by atoms with van der Waals surface area (Å²) in [6, 6.07) is 19.3. The quantitative estimate of drug-likeness (QED) is 0.480. The average Bonchev–Trinajstić information content (AvgIpc) is 3.33. The average molecular weight is 457 g/mol. The van der Waals surface area contributed by atoms with Crippen molar-refractivity contribution in [1.82, 2.24) is 9.88 Å². The number of rotatable bonds is 4. The third-order valence-corrected chi connectivity index (χ3v) is 7.63. The predicted molar refractivity (Wildman–Crippen MR) is 125 cm³/mol. The first-order chi connectivity index (χ1) is 16.6. The highest BCUT2D eigenvalue weighted by atomic mass is 19.1. The molecule has 2 bridgehead atoms. The van der Waals surface area contributed by atoms with Gasteiger partial charge in [-0.25, -0.2) is 9.18 Å². The van der Waals surface area contributed by atoms with E-state index in [9.17, 15) is 14.0 Å². The normalized spacial score (nSPS) is 22.9. The molecular weight excluding hydrogens is 431 g/mol. The molecule has 0 saturated carbocycles. The molecule has 6 heteroatoms. The van der Waals surface area contributed by atoms with Crippen LogP contribution in [0.1, 0.15) is 53.2 Å². The van der Waals surface area contributed by atoms with Crippen molar-refractivity contribution in [3.63, 3.8) is 0 Å². The van der Waals surface area contributed by atoms with Crippen LogP contribution in [0.3, 0.4) is 0 Å². The van der Waals surface area contributed by atoms with Crippen molar-refractivity contribution in [3.8, 4) is 11.1 Å². The molecule has 172 valence electrons. The van der Waals surface area contributed by atoms with Crippen LogP contribution >= 0.6 is 0 Å². The van der Waals surface area contributed by atoms with Crippen LogP contribution in [-0.4, -0.2) is 40.5 Å². The lowest BCUT2D eigenvalue weighted by Crippen LogP contribution is -2.48. The SMILES string of the molecule is O=C(c1ccc(F)cn1)C1CC2CCC(C1)N2C(=O)OCC1c2ccccc2-c2ccccc21. The Labute approximate surface area is 197 Å². The number of benzene rings is 2. The van der Waals surface area contributed by atoms with Crippen LogP contribution in [0.2, 0.25) is 0 Å². The first-order valence-electron chi connectivity index (χ1n) is 11.9. The van der Waals surface area contributed by atoms with E-state index in [0.717, 1.165) is 19.0 Å². The number of nitrogens with zero attached hydrogens (tertiary/aromatic N) is 2. The monoisotopic (exact) mass is 456 g/mol. The van der Waals surface area contributed by atoms with E-state index in [1.54, 1.807) is 0 Å². The number of amides is 1. The second-order valence-electron chi connectivity index (χ2n) is 9.49. The summed E-state index contributed by atoms with van der Waals surface area (Å²) in [5.41, 5.74) is 5.08. The number of ether oxygens (including phenoxy) is 1. The van der Waals surface area contributed by atoms with Crippen LogP contribution in [0, 0.1) is 11.7 Å². The number of carbonyl (C=O) groups excluding carboxylic acids is 2. The fourth-order valence-electron chi connectivity index (χ4n) is 6.09. The van der Waals surface area contributed by atoms with Gasteiger partial charge in [-0.1, -0.05) is 48.5 Å². The van der Waals surface area contributed by atoms with Crippen molar-refractivity contribution in [2.24, 2.45) is 5.92 Å². The molecule has 5 nitrogen and oxygen atoms in total. The Morgan fingerprint density at radius 1 is 0.912 bits per heavy atom. The van der Waals surface area contributed by atoms with Gasteiger partial charge in [0.05, 0.1) is 6.20 Å². The van der Waals surface area contributed by atoms with Crippen molar-refractivity contribution < 1.29 is 18.7 Å². The van der Waals surface area contributed by atoms with Crippen molar-refractivity contribution in [2.75, 3.05) is 6.61 Å². The maximum atomic E-state index is 13.2. The largest absolute Gasteiger partial charge is 0.448 e. The number of carbonyl (C=O) groups is 2. The molecule has 0 spiro atoms. The summed E-state index contributed by atoms with van der Waals surface area (Å²) in [5, 5.41) is 0. The van der Waals surface area contributed by atoms with Crippen LogP contribution in [0.4, 0.5) is 9.18 Å². The molecule has 2 aromatic carbocycles. The minimum absolute atomic E-state index is 0.0104. The first kappa shape index (κ1) is 21.0. The van der Waals surface area contributed by atoms with Gasteiger partial charge in [-0.15, -0.1) is 0 Å². The van der Waals surface area contributed by atoms with Gasteiger partial charge in [0.1, 0.15) is 18.1 Å². The van der Waals surface area contributed by atoms with Crippen LogP contribution in [0.5, 0.6) is 0 Å². The number of hydrogen-bond donors (Lipinski definition) is 0. The lowest BCUT2D eigenvalue weighted by atomic mass is 9.86. The maximum Gasteiger partial charge on any atom is 0.410 e. The number of halogens is 1. The van der Waals surface area contributed by atoms with Gasteiger partial charge >= 0.3 is 6.09 Å². The molecule has 2 saturated heterocycles. The highest BCUT2D eigenvalue weighted by Gasteiger charge is 2.46. The third-order valence-electron chi connectivity index (χ3n) is 7.63. The van der Waals surface area contributed by atoms with E-state index in [4.69, 9.17) is 4.74 Å². The number of pyridine rings is 1. The number of piperidine rings is 1. The Morgan fingerprint density at radius 2 is 1.53 bits per heavy atom. The standard InChI is InChI=1S/C28H25FN2O3/c29-18-9-12-26(30-15-18)27(32)17-13-19-10-11-20(14-17)31(19)28(33)34-16-25-23-7-3-1-5-21(23)22-6-2-4-8-24(22)25/h1-9,12,15,17,19-20,25H,10-11,13-14,16H2. The van der Waals surface area contributed by atoms with E-state index >= 15 is 0 Å².